The number of nitrogens with zero attached hydrogens (tertiary/aromatic N) is 1. The highest BCUT2D eigenvalue weighted by molar-refractivity contribution is 7.92. The van der Waals surface area contributed by atoms with Crippen LogP contribution in [0.3, 0.4) is 0 Å². The van der Waals surface area contributed by atoms with E-state index in [2.05, 4.69) is 0 Å². The highest BCUT2D eigenvalue weighted by Gasteiger charge is 2.27. The molecule has 3 aromatic carbocycles. The van der Waals surface area contributed by atoms with Gasteiger partial charge in [0.2, 0.25) is 0 Å². The Morgan fingerprint density at radius 3 is 2.10 bits per heavy atom. The number of anilines is 1. The molecule has 0 fully saturated rings. The molecule has 1 unspecified atom stereocenters. The number of aliphatic hydroxyl groups excluding tert-OH is 1. The van der Waals surface area contributed by atoms with Gasteiger partial charge in [0, 0.05) is 0 Å². The Kier molecular flexibility index (Phi) is 7.14. The zero-order chi connectivity index (χ0) is 22.4. The Morgan fingerprint density at radius 2 is 1.52 bits per heavy atom. The third-order valence-corrected chi connectivity index (χ3v) is 6.41. The fourth-order valence-corrected chi connectivity index (χ4v) is 4.40. The van der Waals surface area contributed by atoms with Crippen molar-refractivity contribution in [2.45, 2.75) is 17.9 Å². The van der Waals surface area contributed by atoms with E-state index >= 15 is 0 Å². The fourth-order valence-electron chi connectivity index (χ4n) is 2.90. The summed E-state index contributed by atoms with van der Waals surface area (Å²) in [6, 6.07) is 18.3. The normalized spacial score (nSPS) is 12.3. The molecule has 0 bridgehead atoms. The van der Waals surface area contributed by atoms with Crippen molar-refractivity contribution < 1.29 is 27.4 Å². The molecular formula is C23H24FNO5S. The third kappa shape index (κ3) is 5.74. The van der Waals surface area contributed by atoms with Crippen LogP contribution in [0.15, 0.2) is 77.7 Å². The van der Waals surface area contributed by atoms with Crippen LogP contribution in [0.5, 0.6) is 11.5 Å². The first-order chi connectivity index (χ1) is 14.8. The molecule has 1 N–H and O–H groups in total. The minimum Gasteiger partial charge on any atom is -0.497 e. The number of aliphatic hydroxyl groups is 1. The zero-order valence-electron chi connectivity index (χ0n) is 17.2. The average molecular weight is 446 g/mol. The van der Waals surface area contributed by atoms with Crippen LogP contribution in [0.4, 0.5) is 10.1 Å². The van der Waals surface area contributed by atoms with Crippen LogP contribution in [-0.2, 0) is 10.0 Å². The number of halogens is 1. The van der Waals surface area contributed by atoms with E-state index in [0.29, 0.717) is 11.5 Å². The molecule has 0 aliphatic heterocycles. The molecule has 0 radical (unpaired) electrons. The van der Waals surface area contributed by atoms with Gasteiger partial charge in [-0.2, -0.15) is 0 Å². The molecule has 0 heterocycles. The van der Waals surface area contributed by atoms with Crippen molar-refractivity contribution in [1.29, 1.82) is 0 Å². The highest BCUT2D eigenvalue weighted by Crippen LogP contribution is 2.25. The molecule has 0 aliphatic carbocycles. The van der Waals surface area contributed by atoms with Crippen LogP contribution in [0.2, 0.25) is 0 Å². The fraction of sp³-hybridized carbons (Fsp3) is 0.217. The molecule has 0 amide bonds. The van der Waals surface area contributed by atoms with E-state index in [0.717, 1.165) is 9.87 Å². The van der Waals surface area contributed by atoms with E-state index in [-0.39, 0.29) is 23.7 Å². The zero-order valence-corrected chi connectivity index (χ0v) is 18.0. The maximum Gasteiger partial charge on any atom is 0.264 e. The van der Waals surface area contributed by atoms with Crippen LogP contribution in [0.25, 0.3) is 0 Å². The van der Waals surface area contributed by atoms with Gasteiger partial charge in [0.25, 0.3) is 10.0 Å². The van der Waals surface area contributed by atoms with E-state index in [4.69, 9.17) is 9.47 Å². The van der Waals surface area contributed by atoms with E-state index in [1.807, 2.05) is 6.92 Å². The van der Waals surface area contributed by atoms with Crippen molar-refractivity contribution in [3.8, 4) is 11.5 Å². The van der Waals surface area contributed by atoms with Crippen molar-refractivity contribution in [1.82, 2.24) is 0 Å². The second kappa shape index (κ2) is 9.80. The lowest BCUT2D eigenvalue weighted by Crippen LogP contribution is -2.39. The first-order valence-electron chi connectivity index (χ1n) is 9.59. The summed E-state index contributed by atoms with van der Waals surface area (Å²) in [4.78, 5) is 0.0747. The minimum atomic E-state index is -3.99. The molecule has 31 heavy (non-hydrogen) atoms. The van der Waals surface area contributed by atoms with Crippen LogP contribution >= 0.6 is 0 Å². The predicted molar refractivity (Wildman–Crippen MR) is 117 cm³/mol. The number of ether oxygens (including phenoxy) is 2. The number of hydrogen-bond acceptors (Lipinski definition) is 5. The summed E-state index contributed by atoms with van der Waals surface area (Å²) < 4.78 is 51.7. The summed E-state index contributed by atoms with van der Waals surface area (Å²) in [7, 11) is -2.44. The summed E-state index contributed by atoms with van der Waals surface area (Å²) >= 11 is 0. The van der Waals surface area contributed by atoms with Gasteiger partial charge < -0.3 is 14.6 Å². The number of hydrogen-bond donors (Lipinski definition) is 1. The molecule has 0 aliphatic rings. The second-order valence-corrected chi connectivity index (χ2v) is 8.83. The Morgan fingerprint density at radius 1 is 0.935 bits per heavy atom. The van der Waals surface area contributed by atoms with Gasteiger partial charge in [0.05, 0.1) is 24.2 Å². The van der Waals surface area contributed by atoms with Gasteiger partial charge in [-0.1, -0.05) is 17.7 Å². The van der Waals surface area contributed by atoms with E-state index in [1.165, 1.54) is 36.4 Å². The lowest BCUT2D eigenvalue weighted by atomic mass is 10.2. The number of sulfonamides is 1. The molecule has 0 spiro atoms. The molecule has 3 aromatic rings. The van der Waals surface area contributed by atoms with Gasteiger partial charge in [0.1, 0.15) is 30.0 Å². The Labute approximate surface area is 181 Å². The van der Waals surface area contributed by atoms with Gasteiger partial charge >= 0.3 is 0 Å². The van der Waals surface area contributed by atoms with E-state index in [1.54, 1.807) is 43.5 Å². The Hall–Kier alpha value is -3.10. The molecule has 0 saturated carbocycles. The van der Waals surface area contributed by atoms with Gasteiger partial charge in [-0.15, -0.1) is 0 Å². The lowest BCUT2D eigenvalue weighted by molar-refractivity contribution is 0.115. The first kappa shape index (κ1) is 22.6. The van der Waals surface area contributed by atoms with Crippen LogP contribution in [-0.4, -0.2) is 39.9 Å². The molecular weight excluding hydrogens is 421 g/mol. The van der Waals surface area contributed by atoms with Gasteiger partial charge in [-0.05, 0) is 67.6 Å². The standard InChI is InChI=1S/C23H24FNO5S/c1-17-3-13-23(14-4-17)31(27,28)25(19-7-5-18(24)6-8-19)15-20(26)16-30-22-11-9-21(29-2)10-12-22/h3-14,20,26H,15-16H2,1-2H3. The van der Waals surface area contributed by atoms with Crippen LogP contribution in [0, 0.1) is 12.7 Å². The van der Waals surface area contributed by atoms with Crippen molar-refractivity contribution >= 4 is 15.7 Å². The average Bonchev–Trinajstić information content (AvgIpc) is 2.77. The topological polar surface area (TPSA) is 76.1 Å². The predicted octanol–water partition coefficient (Wildman–Crippen LogP) is 3.78. The molecule has 164 valence electrons. The SMILES string of the molecule is COc1ccc(OCC(O)CN(c2ccc(F)cc2)S(=O)(=O)c2ccc(C)cc2)cc1. The largest absolute Gasteiger partial charge is 0.497 e. The summed E-state index contributed by atoms with van der Waals surface area (Å²) in [6.07, 6.45) is -1.13. The molecule has 6 nitrogen and oxygen atoms in total. The van der Waals surface area contributed by atoms with E-state index in [9.17, 15) is 17.9 Å². The van der Waals surface area contributed by atoms with Gasteiger partial charge in [-0.25, -0.2) is 12.8 Å². The van der Waals surface area contributed by atoms with Crippen LogP contribution in [0.1, 0.15) is 5.56 Å². The Balaban J connectivity index is 1.80. The monoisotopic (exact) mass is 445 g/mol. The summed E-state index contributed by atoms with van der Waals surface area (Å²) in [5.41, 5.74) is 1.16. The van der Waals surface area contributed by atoms with Crippen molar-refractivity contribution in [3.05, 3.63) is 84.2 Å². The van der Waals surface area contributed by atoms with Gasteiger partial charge in [0.15, 0.2) is 0 Å². The number of aryl methyl sites for hydroxylation is 1. The lowest BCUT2D eigenvalue weighted by Gasteiger charge is -2.27. The Bertz CT molecular complexity index is 1080. The first-order valence-corrected chi connectivity index (χ1v) is 11.0. The number of benzene rings is 3. The summed E-state index contributed by atoms with van der Waals surface area (Å²) in [6.45, 7) is 1.46. The summed E-state index contributed by atoms with van der Waals surface area (Å²) in [5.74, 6) is 0.689. The number of rotatable bonds is 9. The maximum absolute atomic E-state index is 13.4. The van der Waals surface area contributed by atoms with Crippen LogP contribution < -0.4 is 13.8 Å². The third-order valence-electron chi connectivity index (χ3n) is 4.60. The molecule has 0 aromatic heterocycles. The van der Waals surface area contributed by atoms with Crippen molar-refractivity contribution in [2.75, 3.05) is 24.6 Å². The maximum atomic E-state index is 13.4. The minimum absolute atomic E-state index is 0.0747. The second-order valence-electron chi connectivity index (χ2n) is 6.97. The quantitative estimate of drug-likeness (QED) is 0.543. The molecule has 3 rings (SSSR count). The molecule has 0 saturated heterocycles. The van der Waals surface area contributed by atoms with Gasteiger partial charge in [-0.3, -0.25) is 4.31 Å². The molecule has 1 atom stereocenters. The van der Waals surface area contributed by atoms with E-state index < -0.39 is 21.9 Å². The smallest absolute Gasteiger partial charge is 0.264 e. The summed E-state index contributed by atoms with van der Waals surface area (Å²) in [5, 5.41) is 10.5. The molecule has 8 heteroatoms. The number of methoxy groups -OCH3 is 1. The highest BCUT2D eigenvalue weighted by atomic mass is 32.2. The van der Waals surface area contributed by atoms with Crippen molar-refractivity contribution in [3.63, 3.8) is 0 Å². The van der Waals surface area contributed by atoms with Crippen molar-refractivity contribution in [2.24, 2.45) is 0 Å².